The molecule has 116 valence electrons. The standard InChI is InChI=1S/C18H22N2O2/c1-12-17(2,3)14-8-9-18(12,10-14)16(22)20-19-11-13-4-6-15(21)7-5-13/h4-7,11,14,21H,1,8-10H2,2-3H3,(H,20,22)/b19-11+/t14-,18-/m1/s1. The zero-order chi connectivity index (χ0) is 16.0. The first kappa shape index (κ1) is 14.8. The lowest BCUT2D eigenvalue weighted by Gasteiger charge is -2.36. The van der Waals surface area contributed by atoms with Crippen LogP contribution in [0.3, 0.4) is 0 Å². The fourth-order valence-corrected chi connectivity index (χ4v) is 3.97. The first-order valence-corrected chi connectivity index (χ1v) is 7.69. The zero-order valence-electron chi connectivity index (χ0n) is 13.1. The molecule has 2 saturated carbocycles. The second-order valence-corrected chi connectivity index (χ2v) is 7.01. The average Bonchev–Trinajstić information content (AvgIpc) is 3.01. The predicted molar refractivity (Wildman–Crippen MR) is 86.5 cm³/mol. The number of rotatable bonds is 3. The van der Waals surface area contributed by atoms with Gasteiger partial charge >= 0.3 is 0 Å². The molecule has 1 amide bonds. The summed E-state index contributed by atoms with van der Waals surface area (Å²) in [5.74, 6) is 0.717. The third-order valence-corrected chi connectivity index (χ3v) is 5.60. The minimum absolute atomic E-state index is 0.0380. The minimum atomic E-state index is -0.444. The maximum atomic E-state index is 12.6. The van der Waals surface area contributed by atoms with Crippen molar-refractivity contribution in [3.8, 4) is 5.75 Å². The van der Waals surface area contributed by atoms with Crippen molar-refractivity contribution in [2.24, 2.45) is 21.8 Å². The Balaban J connectivity index is 1.70. The molecule has 4 heteroatoms. The Morgan fingerprint density at radius 3 is 2.68 bits per heavy atom. The first-order chi connectivity index (χ1) is 10.4. The summed E-state index contributed by atoms with van der Waals surface area (Å²) in [6, 6.07) is 6.66. The van der Waals surface area contributed by atoms with Gasteiger partial charge in [0.2, 0.25) is 5.91 Å². The number of amides is 1. The first-order valence-electron chi connectivity index (χ1n) is 7.69. The van der Waals surface area contributed by atoms with Gasteiger partial charge in [-0.25, -0.2) is 5.43 Å². The van der Waals surface area contributed by atoms with E-state index in [-0.39, 0.29) is 17.1 Å². The van der Waals surface area contributed by atoms with Crippen LogP contribution in [0.5, 0.6) is 5.75 Å². The molecule has 22 heavy (non-hydrogen) atoms. The Kier molecular flexibility index (Phi) is 3.35. The van der Waals surface area contributed by atoms with E-state index in [1.807, 2.05) is 0 Å². The third-order valence-electron chi connectivity index (χ3n) is 5.60. The Morgan fingerprint density at radius 1 is 1.41 bits per heavy atom. The van der Waals surface area contributed by atoms with Crippen molar-refractivity contribution in [2.45, 2.75) is 33.1 Å². The molecule has 2 fully saturated rings. The summed E-state index contributed by atoms with van der Waals surface area (Å²) in [5, 5.41) is 13.3. The Hall–Kier alpha value is -2.10. The number of carbonyl (C=O) groups excluding carboxylic acids is 1. The van der Waals surface area contributed by atoms with Crippen molar-refractivity contribution >= 4 is 12.1 Å². The number of phenols is 1. The van der Waals surface area contributed by atoms with E-state index in [1.165, 1.54) is 0 Å². The van der Waals surface area contributed by atoms with E-state index in [9.17, 15) is 9.90 Å². The van der Waals surface area contributed by atoms with Crippen molar-refractivity contribution in [1.29, 1.82) is 0 Å². The Labute approximate surface area is 130 Å². The number of hydrogen-bond donors (Lipinski definition) is 2. The average molecular weight is 298 g/mol. The lowest BCUT2D eigenvalue weighted by molar-refractivity contribution is -0.128. The summed E-state index contributed by atoms with van der Waals surface area (Å²) in [7, 11) is 0. The largest absolute Gasteiger partial charge is 0.508 e. The highest BCUT2D eigenvalue weighted by molar-refractivity contribution is 5.89. The number of fused-ring (bicyclic) bond motifs is 2. The van der Waals surface area contributed by atoms with Crippen LogP contribution in [0.1, 0.15) is 38.7 Å². The van der Waals surface area contributed by atoms with E-state index in [0.717, 1.165) is 30.4 Å². The Bertz CT molecular complexity index is 646. The molecule has 3 rings (SSSR count). The molecule has 2 bridgehead atoms. The van der Waals surface area contributed by atoms with E-state index in [0.29, 0.717) is 5.92 Å². The molecule has 0 spiro atoms. The van der Waals surface area contributed by atoms with Gasteiger partial charge in [-0.15, -0.1) is 0 Å². The SMILES string of the molecule is C=C1C(C)(C)[C@@H]2CC[C@@]1(C(=O)N/N=C/c1ccc(O)cc1)C2. The van der Waals surface area contributed by atoms with Crippen LogP contribution in [0.4, 0.5) is 0 Å². The molecular weight excluding hydrogens is 276 g/mol. The van der Waals surface area contributed by atoms with Crippen LogP contribution in [-0.2, 0) is 4.79 Å². The quantitative estimate of drug-likeness (QED) is 0.511. The smallest absolute Gasteiger partial charge is 0.250 e. The normalized spacial score (nSPS) is 29.2. The highest BCUT2D eigenvalue weighted by atomic mass is 16.3. The minimum Gasteiger partial charge on any atom is -0.508 e. The zero-order valence-corrected chi connectivity index (χ0v) is 13.1. The molecule has 2 N–H and O–H groups in total. The lowest BCUT2D eigenvalue weighted by atomic mass is 9.68. The summed E-state index contributed by atoms with van der Waals surface area (Å²) >= 11 is 0. The van der Waals surface area contributed by atoms with Gasteiger partial charge < -0.3 is 5.11 Å². The molecule has 0 radical (unpaired) electrons. The monoisotopic (exact) mass is 298 g/mol. The number of hydrazone groups is 1. The van der Waals surface area contributed by atoms with Gasteiger partial charge in [-0.2, -0.15) is 5.10 Å². The predicted octanol–water partition coefficient (Wildman–Crippen LogP) is 3.22. The van der Waals surface area contributed by atoms with Crippen LogP contribution in [0, 0.1) is 16.7 Å². The number of phenolic OH excluding ortho intramolecular Hbond substituents is 1. The van der Waals surface area contributed by atoms with Crippen molar-refractivity contribution in [3.05, 3.63) is 42.0 Å². The fourth-order valence-electron chi connectivity index (χ4n) is 3.97. The topological polar surface area (TPSA) is 61.7 Å². The van der Waals surface area contributed by atoms with Crippen molar-refractivity contribution in [2.75, 3.05) is 0 Å². The molecule has 0 unspecified atom stereocenters. The molecule has 2 atom stereocenters. The summed E-state index contributed by atoms with van der Waals surface area (Å²) < 4.78 is 0. The lowest BCUT2D eigenvalue weighted by Crippen LogP contribution is -2.39. The molecule has 2 aliphatic carbocycles. The molecule has 4 nitrogen and oxygen atoms in total. The van der Waals surface area contributed by atoms with Crippen molar-refractivity contribution in [1.82, 2.24) is 5.43 Å². The molecule has 0 aliphatic heterocycles. The molecule has 1 aromatic rings. The summed E-state index contributed by atoms with van der Waals surface area (Å²) in [5.41, 5.74) is 4.15. The number of nitrogens with one attached hydrogen (secondary N) is 1. The van der Waals surface area contributed by atoms with E-state index in [1.54, 1.807) is 30.5 Å². The van der Waals surface area contributed by atoms with E-state index in [4.69, 9.17) is 0 Å². The molecule has 2 aliphatic rings. The van der Waals surface area contributed by atoms with Gasteiger partial charge in [-0.3, -0.25) is 4.79 Å². The molecule has 0 aromatic heterocycles. The third kappa shape index (κ3) is 2.14. The molecular formula is C18H22N2O2. The van der Waals surface area contributed by atoms with E-state index >= 15 is 0 Å². The highest BCUT2D eigenvalue weighted by Crippen LogP contribution is 2.65. The van der Waals surface area contributed by atoms with Gasteiger partial charge in [-0.1, -0.05) is 26.0 Å². The van der Waals surface area contributed by atoms with Crippen LogP contribution in [-0.4, -0.2) is 17.2 Å². The van der Waals surface area contributed by atoms with Crippen LogP contribution >= 0.6 is 0 Å². The van der Waals surface area contributed by atoms with Crippen molar-refractivity contribution < 1.29 is 9.90 Å². The maximum absolute atomic E-state index is 12.6. The highest BCUT2D eigenvalue weighted by Gasteiger charge is 2.60. The summed E-state index contributed by atoms with van der Waals surface area (Å²) in [6.07, 6.45) is 4.43. The molecule has 1 aromatic carbocycles. The van der Waals surface area contributed by atoms with E-state index < -0.39 is 5.41 Å². The second kappa shape index (κ2) is 4.97. The van der Waals surface area contributed by atoms with Gasteiger partial charge in [0.1, 0.15) is 5.75 Å². The van der Waals surface area contributed by atoms with Crippen LogP contribution < -0.4 is 5.43 Å². The number of carbonyl (C=O) groups is 1. The van der Waals surface area contributed by atoms with E-state index in [2.05, 4.69) is 31.0 Å². The summed E-state index contributed by atoms with van der Waals surface area (Å²) in [6.45, 7) is 8.60. The Morgan fingerprint density at radius 2 is 2.09 bits per heavy atom. The maximum Gasteiger partial charge on any atom is 0.250 e. The number of nitrogens with zero attached hydrogens (tertiary/aromatic N) is 1. The van der Waals surface area contributed by atoms with Crippen LogP contribution in [0.25, 0.3) is 0 Å². The summed E-state index contributed by atoms with van der Waals surface area (Å²) in [4.78, 5) is 12.6. The van der Waals surface area contributed by atoms with Gasteiger partial charge in [0.15, 0.2) is 0 Å². The fraction of sp³-hybridized carbons (Fsp3) is 0.444. The van der Waals surface area contributed by atoms with Gasteiger partial charge in [0, 0.05) is 0 Å². The van der Waals surface area contributed by atoms with Crippen LogP contribution in [0.15, 0.2) is 41.5 Å². The van der Waals surface area contributed by atoms with Gasteiger partial charge in [0.25, 0.3) is 0 Å². The van der Waals surface area contributed by atoms with Gasteiger partial charge in [-0.05, 0) is 60.4 Å². The second-order valence-electron chi connectivity index (χ2n) is 7.01. The van der Waals surface area contributed by atoms with Crippen LogP contribution in [0.2, 0.25) is 0 Å². The number of hydrogen-bond acceptors (Lipinski definition) is 3. The molecule has 0 saturated heterocycles. The molecule has 0 heterocycles. The van der Waals surface area contributed by atoms with Gasteiger partial charge in [0.05, 0.1) is 11.6 Å². The van der Waals surface area contributed by atoms with Crippen molar-refractivity contribution in [3.63, 3.8) is 0 Å². The number of aromatic hydroxyl groups is 1. The number of benzene rings is 1.